The number of ether oxygens (including phenoxy) is 1. The molecule has 26 heavy (non-hydrogen) atoms. The van der Waals surface area contributed by atoms with Crippen LogP contribution in [-0.4, -0.2) is 12.5 Å². The number of nitrogens with one attached hydrogen (secondary N) is 1. The van der Waals surface area contributed by atoms with Gasteiger partial charge in [0.15, 0.2) is 6.61 Å². The van der Waals surface area contributed by atoms with E-state index in [4.69, 9.17) is 10.5 Å². The highest BCUT2D eigenvalue weighted by Gasteiger charge is 2.31. The first-order chi connectivity index (χ1) is 11.8. The molecule has 0 aliphatic carbocycles. The van der Waals surface area contributed by atoms with E-state index in [-0.39, 0.29) is 36.8 Å². The Labute approximate surface area is 155 Å². The summed E-state index contributed by atoms with van der Waals surface area (Å²) in [5.74, 6) is 0.0278. The number of carbonyl (C=O) groups is 1. The lowest BCUT2D eigenvalue weighted by Gasteiger charge is -2.13. The molecule has 8 heteroatoms. The molecule has 0 atom stereocenters. The fraction of sp³-hybridized carbons (Fsp3) is 0.278. The Morgan fingerprint density at radius 1 is 1.19 bits per heavy atom. The summed E-state index contributed by atoms with van der Waals surface area (Å²) in [6.45, 7) is 1.59. The Kier molecular flexibility index (Phi) is 7.92. The van der Waals surface area contributed by atoms with Crippen LogP contribution in [0.5, 0.6) is 5.75 Å². The first kappa shape index (κ1) is 21.8. The zero-order valence-corrected chi connectivity index (χ0v) is 14.9. The average molecular weight is 389 g/mol. The predicted molar refractivity (Wildman–Crippen MR) is 96.5 cm³/mol. The van der Waals surface area contributed by atoms with Gasteiger partial charge in [-0.15, -0.1) is 12.4 Å². The van der Waals surface area contributed by atoms with Crippen molar-refractivity contribution in [1.82, 2.24) is 0 Å². The van der Waals surface area contributed by atoms with Crippen LogP contribution in [0.25, 0.3) is 0 Å². The molecule has 2 rings (SSSR count). The smallest absolute Gasteiger partial charge is 0.416 e. The van der Waals surface area contributed by atoms with Crippen LogP contribution in [-0.2, 0) is 23.9 Å². The molecule has 0 bridgehead atoms. The van der Waals surface area contributed by atoms with E-state index in [0.29, 0.717) is 5.75 Å². The van der Waals surface area contributed by atoms with Crippen LogP contribution < -0.4 is 15.8 Å². The number of carbonyl (C=O) groups excluding carboxylic acids is 1. The molecule has 0 aliphatic heterocycles. The van der Waals surface area contributed by atoms with Crippen molar-refractivity contribution in [1.29, 1.82) is 0 Å². The fourth-order valence-electron chi connectivity index (χ4n) is 2.32. The van der Waals surface area contributed by atoms with Gasteiger partial charge in [-0.1, -0.05) is 25.1 Å². The van der Waals surface area contributed by atoms with Gasteiger partial charge in [-0.2, -0.15) is 13.2 Å². The van der Waals surface area contributed by atoms with Crippen molar-refractivity contribution in [2.24, 2.45) is 5.73 Å². The van der Waals surface area contributed by atoms with Gasteiger partial charge in [0.2, 0.25) is 0 Å². The Bertz CT molecular complexity index is 751. The number of aryl methyl sites for hydroxylation is 1. The van der Waals surface area contributed by atoms with E-state index in [2.05, 4.69) is 5.32 Å². The molecule has 0 saturated heterocycles. The maximum absolute atomic E-state index is 12.9. The summed E-state index contributed by atoms with van der Waals surface area (Å²) in [5, 5.41) is 2.42. The van der Waals surface area contributed by atoms with Gasteiger partial charge in [0.25, 0.3) is 5.91 Å². The van der Waals surface area contributed by atoms with Crippen LogP contribution in [0.3, 0.4) is 0 Å². The second-order valence-corrected chi connectivity index (χ2v) is 5.42. The molecule has 0 unspecified atom stereocenters. The third-order valence-corrected chi connectivity index (χ3v) is 3.55. The van der Waals surface area contributed by atoms with Crippen molar-refractivity contribution in [2.45, 2.75) is 26.1 Å². The minimum Gasteiger partial charge on any atom is -0.483 e. The highest BCUT2D eigenvalue weighted by molar-refractivity contribution is 5.92. The molecule has 2 aromatic rings. The molecule has 0 aliphatic rings. The van der Waals surface area contributed by atoms with Crippen molar-refractivity contribution < 1.29 is 22.7 Å². The second kappa shape index (κ2) is 9.45. The molecule has 4 nitrogen and oxygen atoms in total. The van der Waals surface area contributed by atoms with Crippen molar-refractivity contribution in [2.75, 3.05) is 11.9 Å². The van der Waals surface area contributed by atoms with E-state index >= 15 is 0 Å². The summed E-state index contributed by atoms with van der Waals surface area (Å²) < 4.78 is 44.1. The Morgan fingerprint density at radius 2 is 1.88 bits per heavy atom. The normalized spacial score (nSPS) is 10.8. The monoisotopic (exact) mass is 388 g/mol. The van der Waals surface area contributed by atoms with Crippen molar-refractivity contribution >= 4 is 24.0 Å². The third-order valence-electron chi connectivity index (χ3n) is 3.55. The molecule has 0 heterocycles. The van der Waals surface area contributed by atoms with Crippen molar-refractivity contribution in [3.05, 3.63) is 59.2 Å². The standard InChI is InChI=1S/C18H19F3N2O2.ClH/c1-2-13-5-3-4-6-16(13)25-11-17(24)23-15-8-12(10-22)7-14(9-15)18(19,20)21;/h3-9H,2,10-11,22H2,1H3,(H,23,24);1H. The fourth-order valence-corrected chi connectivity index (χ4v) is 2.32. The van der Waals surface area contributed by atoms with Crippen LogP contribution in [0.4, 0.5) is 18.9 Å². The van der Waals surface area contributed by atoms with Crippen LogP contribution >= 0.6 is 12.4 Å². The molecular weight excluding hydrogens is 369 g/mol. The molecule has 0 saturated carbocycles. The number of alkyl halides is 3. The summed E-state index contributed by atoms with van der Waals surface area (Å²) in [4.78, 5) is 12.0. The first-order valence-corrected chi connectivity index (χ1v) is 7.75. The molecule has 3 N–H and O–H groups in total. The summed E-state index contributed by atoms with van der Waals surface area (Å²) in [7, 11) is 0. The zero-order chi connectivity index (χ0) is 18.4. The number of rotatable bonds is 6. The van der Waals surface area contributed by atoms with Gasteiger partial charge in [-0.3, -0.25) is 4.79 Å². The lowest BCUT2D eigenvalue weighted by Crippen LogP contribution is -2.21. The first-order valence-electron chi connectivity index (χ1n) is 7.75. The number of para-hydroxylation sites is 1. The van der Waals surface area contributed by atoms with Crippen LogP contribution in [0.1, 0.15) is 23.6 Å². The zero-order valence-electron chi connectivity index (χ0n) is 14.1. The predicted octanol–water partition coefficient (Wildman–Crippen LogP) is 4.17. The van der Waals surface area contributed by atoms with E-state index < -0.39 is 17.6 Å². The van der Waals surface area contributed by atoms with E-state index in [9.17, 15) is 18.0 Å². The highest BCUT2D eigenvalue weighted by Crippen LogP contribution is 2.32. The SMILES string of the molecule is CCc1ccccc1OCC(=O)Nc1cc(CN)cc(C(F)(F)F)c1.Cl. The van der Waals surface area contributed by atoms with Gasteiger partial charge in [-0.05, 0) is 41.8 Å². The van der Waals surface area contributed by atoms with Gasteiger partial charge in [0, 0.05) is 12.2 Å². The molecule has 0 aromatic heterocycles. The minimum absolute atomic E-state index is 0. The molecule has 2 aromatic carbocycles. The quantitative estimate of drug-likeness (QED) is 0.780. The van der Waals surface area contributed by atoms with E-state index in [1.165, 1.54) is 6.07 Å². The number of amides is 1. The van der Waals surface area contributed by atoms with Gasteiger partial charge >= 0.3 is 6.18 Å². The van der Waals surface area contributed by atoms with Crippen molar-refractivity contribution in [3.8, 4) is 5.75 Å². The molecular formula is C18H20ClF3N2O2. The van der Waals surface area contributed by atoms with E-state index in [1.54, 1.807) is 12.1 Å². The summed E-state index contributed by atoms with van der Waals surface area (Å²) in [5.41, 5.74) is 5.82. The lowest BCUT2D eigenvalue weighted by molar-refractivity contribution is -0.137. The van der Waals surface area contributed by atoms with E-state index in [1.807, 2.05) is 19.1 Å². The summed E-state index contributed by atoms with van der Waals surface area (Å²) >= 11 is 0. The number of hydrogen-bond donors (Lipinski definition) is 2. The molecule has 0 fully saturated rings. The summed E-state index contributed by atoms with van der Waals surface area (Å²) in [6, 6.07) is 10.5. The Hall–Kier alpha value is -2.25. The topological polar surface area (TPSA) is 64.3 Å². The van der Waals surface area contributed by atoms with Crippen LogP contribution in [0, 0.1) is 0 Å². The van der Waals surface area contributed by atoms with Crippen molar-refractivity contribution in [3.63, 3.8) is 0 Å². The maximum Gasteiger partial charge on any atom is 0.416 e. The molecule has 0 radical (unpaired) electrons. The molecule has 1 amide bonds. The Morgan fingerprint density at radius 3 is 2.50 bits per heavy atom. The number of halogens is 4. The molecule has 142 valence electrons. The minimum atomic E-state index is -4.51. The number of benzene rings is 2. The largest absolute Gasteiger partial charge is 0.483 e. The van der Waals surface area contributed by atoms with Crippen LogP contribution in [0.2, 0.25) is 0 Å². The number of anilines is 1. The summed E-state index contributed by atoms with van der Waals surface area (Å²) in [6.07, 6.45) is -3.77. The van der Waals surface area contributed by atoms with Gasteiger partial charge in [0.1, 0.15) is 5.75 Å². The lowest BCUT2D eigenvalue weighted by atomic mass is 10.1. The number of hydrogen-bond acceptors (Lipinski definition) is 3. The Balaban J connectivity index is 0.00000338. The number of nitrogens with two attached hydrogens (primary N) is 1. The average Bonchev–Trinajstić information content (AvgIpc) is 2.59. The van der Waals surface area contributed by atoms with Gasteiger partial charge in [0.05, 0.1) is 5.56 Å². The second-order valence-electron chi connectivity index (χ2n) is 5.42. The maximum atomic E-state index is 12.9. The van der Waals surface area contributed by atoms with Crippen LogP contribution in [0.15, 0.2) is 42.5 Å². The third kappa shape index (κ3) is 5.93. The highest BCUT2D eigenvalue weighted by atomic mass is 35.5. The van der Waals surface area contributed by atoms with Gasteiger partial charge < -0.3 is 15.8 Å². The molecule has 0 spiro atoms. The van der Waals surface area contributed by atoms with E-state index in [0.717, 1.165) is 24.1 Å². The van der Waals surface area contributed by atoms with Gasteiger partial charge in [-0.25, -0.2) is 0 Å².